The maximum absolute atomic E-state index is 9.76. The summed E-state index contributed by atoms with van der Waals surface area (Å²) in [5.74, 6) is 3.25. The molecule has 3 saturated carbocycles. The summed E-state index contributed by atoms with van der Waals surface area (Å²) in [5.41, 5.74) is 0.990. The van der Waals surface area contributed by atoms with E-state index in [1.165, 1.54) is 32.1 Å². The topological polar surface area (TPSA) is 20.2 Å². The minimum atomic E-state index is 0.435. The first-order valence-corrected chi connectivity index (χ1v) is 7.11. The van der Waals surface area contributed by atoms with Crippen LogP contribution in [-0.4, -0.2) is 11.7 Å². The Balaban J connectivity index is 2.04. The monoisotopic (exact) mass is 222 g/mol. The molecule has 0 amide bonds. The van der Waals surface area contributed by atoms with E-state index in [1.54, 1.807) is 0 Å². The van der Waals surface area contributed by atoms with Crippen molar-refractivity contribution in [3.63, 3.8) is 0 Å². The highest BCUT2D eigenvalue weighted by atomic mass is 16.3. The Kier molecular flexibility index (Phi) is 2.25. The van der Waals surface area contributed by atoms with Crippen LogP contribution in [0, 0.1) is 34.5 Å². The van der Waals surface area contributed by atoms with Crippen LogP contribution < -0.4 is 0 Å². The molecule has 3 rings (SSSR count). The molecule has 3 aliphatic rings. The lowest BCUT2D eigenvalue weighted by atomic mass is 9.65. The van der Waals surface area contributed by atoms with Gasteiger partial charge in [0.25, 0.3) is 0 Å². The zero-order chi connectivity index (χ0) is 11.6. The highest BCUT2D eigenvalue weighted by Gasteiger charge is 2.64. The van der Waals surface area contributed by atoms with Gasteiger partial charge in [-0.25, -0.2) is 0 Å². The molecule has 0 radical (unpaired) electrons. The third-order valence-electron chi connectivity index (χ3n) is 6.55. The van der Waals surface area contributed by atoms with Crippen molar-refractivity contribution in [1.29, 1.82) is 0 Å². The lowest BCUT2D eigenvalue weighted by molar-refractivity contribution is 0.0374. The first kappa shape index (κ1) is 11.1. The first-order valence-electron chi connectivity index (χ1n) is 7.11. The molecule has 0 heterocycles. The Morgan fingerprint density at radius 1 is 1.12 bits per heavy atom. The minimum absolute atomic E-state index is 0.435. The fraction of sp³-hybridized carbons (Fsp3) is 1.00. The number of aliphatic hydroxyl groups is 1. The molecule has 4 bridgehead atoms. The lowest BCUT2D eigenvalue weighted by Crippen LogP contribution is -2.35. The van der Waals surface area contributed by atoms with Crippen LogP contribution in [0.4, 0.5) is 0 Å². The average Bonchev–Trinajstić information content (AvgIpc) is 2.68. The molecule has 0 aromatic heterocycles. The summed E-state index contributed by atoms with van der Waals surface area (Å²) < 4.78 is 0. The van der Waals surface area contributed by atoms with Gasteiger partial charge in [-0.2, -0.15) is 0 Å². The summed E-state index contributed by atoms with van der Waals surface area (Å²) in [6.45, 7) is 7.87. The van der Waals surface area contributed by atoms with Gasteiger partial charge in [-0.1, -0.05) is 27.2 Å². The Morgan fingerprint density at radius 3 is 2.56 bits per heavy atom. The van der Waals surface area contributed by atoms with Crippen LogP contribution in [0.1, 0.15) is 52.9 Å². The molecule has 5 atom stereocenters. The van der Waals surface area contributed by atoms with Gasteiger partial charge in [0.1, 0.15) is 0 Å². The predicted octanol–water partition coefficient (Wildman–Crippen LogP) is 3.47. The molecule has 16 heavy (non-hydrogen) atoms. The van der Waals surface area contributed by atoms with Crippen molar-refractivity contribution in [2.75, 3.05) is 6.61 Å². The van der Waals surface area contributed by atoms with Crippen LogP contribution in [0.15, 0.2) is 0 Å². The second-order valence-corrected chi connectivity index (χ2v) is 7.51. The Labute approximate surface area is 99.6 Å². The van der Waals surface area contributed by atoms with E-state index in [2.05, 4.69) is 20.8 Å². The second kappa shape index (κ2) is 3.25. The van der Waals surface area contributed by atoms with Gasteiger partial charge in [0.2, 0.25) is 0 Å². The van der Waals surface area contributed by atoms with Crippen molar-refractivity contribution in [2.24, 2.45) is 34.5 Å². The van der Waals surface area contributed by atoms with E-state index in [4.69, 9.17) is 0 Å². The van der Waals surface area contributed by atoms with E-state index < -0.39 is 0 Å². The molecule has 1 nitrogen and oxygen atoms in total. The van der Waals surface area contributed by atoms with Crippen molar-refractivity contribution < 1.29 is 5.11 Å². The van der Waals surface area contributed by atoms with E-state index >= 15 is 0 Å². The molecule has 0 spiro atoms. The normalized spacial score (nSPS) is 54.0. The fourth-order valence-corrected chi connectivity index (χ4v) is 5.92. The number of hydrogen-bond acceptors (Lipinski definition) is 1. The predicted molar refractivity (Wildman–Crippen MR) is 66.0 cm³/mol. The molecule has 92 valence electrons. The SMILES string of the molecule is CC1(C)CCC[C@]2(C)[C@@H]3CC[C@@H]([C@@H]31)[C@@H]2CO. The third kappa shape index (κ3) is 1.16. The van der Waals surface area contributed by atoms with Gasteiger partial charge < -0.3 is 5.11 Å². The van der Waals surface area contributed by atoms with Crippen LogP contribution in [0.3, 0.4) is 0 Å². The van der Waals surface area contributed by atoms with Crippen molar-refractivity contribution in [2.45, 2.75) is 52.9 Å². The molecule has 0 aliphatic heterocycles. The maximum Gasteiger partial charge on any atom is 0.0467 e. The number of aliphatic hydroxyl groups excluding tert-OH is 1. The lowest BCUT2D eigenvalue weighted by Gasteiger charge is -2.40. The zero-order valence-corrected chi connectivity index (χ0v) is 11.0. The van der Waals surface area contributed by atoms with Crippen molar-refractivity contribution in [1.82, 2.24) is 0 Å². The maximum atomic E-state index is 9.76. The summed E-state index contributed by atoms with van der Waals surface area (Å²) in [4.78, 5) is 0. The van der Waals surface area contributed by atoms with E-state index in [0.29, 0.717) is 23.4 Å². The van der Waals surface area contributed by atoms with Gasteiger partial charge >= 0.3 is 0 Å². The Hall–Kier alpha value is -0.0400. The minimum Gasteiger partial charge on any atom is -0.396 e. The van der Waals surface area contributed by atoms with Gasteiger partial charge in [0.05, 0.1) is 0 Å². The molecule has 0 unspecified atom stereocenters. The molecular weight excluding hydrogens is 196 g/mol. The second-order valence-electron chi connectivity index (χ2n) is 7.51. The zero-order valence-electron chi connectivity index (χ0n) is 11.0. The van der Waals surface area contributed by atoms with Gasteiger partial charge in [-0.05, 0) is 60.2 Å². The smallest absolute Gasteiger partial charge is 0.0467 e. The largest absolute Gasteiger partial charge is 0.396 e. The molecule has 3 fully saturated rings. The molecule has 0 saturated heterocycles. The van der Waals surface area contributed by atoms with Crippen molar-refractivity contribution in [3.8, 4) is 0 Å². The highest BCUT2D eigenvalue weighted by molar-refractivity contribution is 5.12. The van der Waals surface area contributed by atoms with Crippen LogP contribution in [0.25, 0.3) is 0 Å². The molecule has 0 aromatic carbocycles. The van der Waals surface area contributed by atoms with Gasteiger partial charge in [-0.15, -0.1) is 0 Å². The van der Waals surface area contributed by atoms with Crippen LogP contribution in [0.2, 0.25) is 0 Å². The van der Waals surface area contributed by atoms with Crippen LogP contribution in [-0.2, 0) is 0 Å². The van der Waals surface area contributed by atoms with Crippen LogP contribution >= 0.6 is 0 Å². The van der Waals surface area contributed by atoms with Crippen molar-refractivity contribution >= 4 is 0 Å². The van der Waals surface area contributed by atoms with Crippen LogP contribution in [0.5, 0.6) is 0 Å². The van der Waals surface area contributed by atoms with E-state index in [9.17, 15) is 5.11 Å². The summed E-state index contributed by atoms with van der Waals surface area (Å²) >= 11 is 0. The number of hydrogen-bond donors (Lipinski definition) is 1. The molecule has 1 N–H and O–H groups in total. The summed E-state index contributed by atoms with van der Waals surface area (Å²) in [6, 6.07) is 0. The third-order valence-corrected chi connectivity index (χ3v) is 6.55. The summed E-state index contributed by atoms with van der Waals surface area (Å²) in [5, 5.41) is 9.76. The molecular formula is C15H26O. The highest BCUT2D eigenvalue weighted by Crippen LogP contribution is 2.70. The molecule has 0 aromatic rings. The standard InChI is InChI=1S/C15H26O/c1-14(2)7-4-8-15(3)11-6-5-10(13(11)14)12(15)9-16/h10-13,16H,4-9H2,1-3H3/t10-,11-,12+,13+,15-/m1/s1. The Bertz CT molecular complexity index is 296. The van der Waals surface area contributed by atoms with Gasteiger partial charge in [-0.3, -0.25) is 0 Å². The first-order chi connectivity index (χ1) is 7.50. The van der Waals surface area contributed by atoms with E-state index in [0.717, 1.165) is 17.8 Å². The van der Waals surface area contributed by atoms with Crippen molar-refractivity contribution in [3.05, 3.63) is 0 Å². The quantitative estimate of drug-likeness (QED) is 0.720. The van der Waals surface area contributed by atoms with E-state index in [-0.39, 0.29) is 0 Å². The summed E-state index contributed by atoms with van der Waals surface area (Å²) in [6.07, 6.45) is 6.96. The van der Waals surface area contributed by atoms with E-state index in [1.807, 2.05) is 0 Å². The van der Waals surface area contributed by atoms with Gasteiger partial charge in [0.15, 0.2) is 0 Å². The summed E-state index contributed by atoms with van der Waals surface area (Å²) in [7, 11) is 0. The average molecular weight is 222 g/mol. The van der Waals surface area contributed by atoms with Gasteiger partial charge in [0, 0.05) is 6.61 Å². The number of rotatable bonds is 1. The molecule has 3 aliphatic carbocycles. The fourth-order valence-electron chi connectivity index (χ4n) is 5.92. The Morgan fingerprint density at radius 2 is 1.88 bits per heavy atom. The molecule has 1 heteroatoms.